The summed E-state index contributed by atoms with van der Waals surface area (Å²) in [5.41, 5.74) is 17.6. The topological polar surface area (TPSA) is 136 Å². The van der Waals surface area contributed by atoms with E-state index in [9.17, 15) is 22.8 Å². The summed E-state index contributed by atoms with van der Waals surface area (Å²) in [6, 6.07) is 4.87. The van der Waals surface area contributed by atoms with Crippen LogP contribution in [0.1, 0.15) is 62.5 Å². The minimum atomic E-state index is -4.62. The van der Waals surface area contributed by atoms with E-state index in [1.165, 1.54) is 0 Å². The van der Waals surface area contributed by atoms with Crippen LogP contribution in [0.15, 0.2) is 24.3 Å². The number of piperidine rings is 1. The van der Waals surface area contributed by atoms with Crippen LogP contribution in [-0.4, -0.2) is 46.4 Å². The van der Waals surface area contributed by atoms with E-state index in [1.807, 2.05) is 0 Å². The maximum atomic E-state index is 14.4. The van der Waals surface area contributed by atoms with E-state index < -0.39 is 45.9 Å². The third-order valence-corrected chi connectivity index (χ3v) is 8.70. The third kappa shape index (κ3) is 4.35. The number of carbonyl (C=O) groups excluding carboxylic acids is 2. The Hall–Kier alpha value is -2.46. The lowest BCUT2D eigenvalue weighted by atomic mass is 9.75. The highest BCUT2D eigenvalue weighted by atomic mass is 19.4. The summed E-state index contributed by atoms with van der Waals surface area (Å²) >= 11 is 0. The van der Waals surface area contributed by atoms with Gasteiger partial charge in [0.25, 0.3) is 5.91 Å². The molecular weight excluding hydrogens is 459 g/mol. The molecule has 2 aliphatic carbocycles. The molecule has 4 rings (SSSR count). The number of likely N-dealkylation sites (tertiary alicyclic amines) is 1. The first kappa shape index (κ1) is 25.6. The van der Waals surface area contributed by atoms with Gasteiger partial charge >= 0.3 is 12.1 Å². The van der Waals surface area contributed by atoms with Gasteiger partial charge in [-0.05, 0) is 31.6 Å². The molecule has 0 bridgehead atoms. The number of amides is 2. The van der Waals surface area contributed by atoms with Gasteiger partial charge < -0.3 is 17.2 Å². The van der Waals surface area contributed by atoms with Gasteiger partial charge in [-0.3, -0.25) is 10.2 Å². The average Bonchev–Trinajstić information content (AvgIpc) is 3.56. The molecule has 1 unspecified atom stereocenters. The van der Waals surface area contributed by atoms with Crippen LogP contribution < -0.4 is 17.2 Å². The van der Waals surface area contributed by atoms with Crippen LogP contribution in [0.4, 0.5) is 13.2 Å². The van der Waals surface area contributed by atoms with Crippen molar-refractivity contribution in [2.45, 2.75) is 75.7 Å². The van der Waals surface area contributed by atoms with Crippen LogP contribution in [0, 0.1) is 23.2 Å². The lowest BCUT2D eigenvalue weighted by Crippen LogP contribution is -2.72. The van der Waals surface area contributed by atoms with Gasteiger partial charge in [0.05, 0.1) is 12.5 Å². The molecular formula is C25H35F3N5O2+. The summed E-state index contributed by atoms with van der Waals surface area (Å²) in [5.74, 6) is -4.30. The number of primary amides is 1. The molecule has 7 N–H and O–H groups in total. The second kappa shape index (κ2) is 9.20. The fraction of sp³-hybridized carbons (Fsp3) is 0.640. The molecule has 2 amide bonds. The molecule has 7 nitrogen and oxygen atoms in total. The number of carbonyl (C=O) groups is 2. The number of hydrogen-bond acceptors (Lipinski definition) is 4. The number of alkyl halides is 3. The first-order chi connectivity index (χ1) is 16.4. The smallest absolute Gasteiger partial charge is 0.384 e. The number of halogens is 3. The fourth-order valence-electron chi connectivity index (χ4n) is 6.90. The zero-order chi connectivity index (χ0) is 25.6. The standard InChI is InChI=1S/C25H34F3N5O2/c26-25(27,28)19(16-5-2-1-3-6-16)20(29)22(34)33(12-4-7-18-13-24(18,33)23(32)35)14-15-8-10-17(11-9-15)21(30)31/h8-11,16,18-20H,1-7,12-14,29H2,(H4-,30,31,32,35)/p+1/t18-,19+,20-,24+,33?/m1/s1. The molecule has 0 aromatic heterocycles. The van der Waals surface area contributed by atoms with Gasteiger partial charge in [-0.2, -0.15) is 13.2 Å². The van der Waals surface area contributed by atoms with Gasteiger partial charge in [-0.25, -0.2) is 9.28 Å². The predicted molar refractivity (Wildman–Crippen MR) is 125 cm³/mol. The van der Waals surface area contributed by atoms with Crippen LogP contribution in [0.3, 0.4) is 0 Å². The van der Waals surface area contributed by atoms with Crippen LogP contribution in [0.25, 0.3) is 0 Å². The number of quaternary nitrogens is 1. The second-order valence-corrected chi connectivity index (χ2v) is 10.6. The van der Waals surface area contributed by atoms with Crippen molar-refractivity contribution in [2.24, 2.45) is 35.0 Å². The van der Waals surface area contributed by atoms with E-state index in [-0.39, 0.29) is 24.8 Å². The van der Waals surface area contributed by atoms with Gasteiger partial charge in [0.2, 0.25) is 0 Å². The van der Waals surface area contributed by atoms with Crippen LogP contribution in [0.5, 0.6) is 0 Å². The zero-order valence-electron chi connectivity index (χ0n) is 19.8. The highest BCUT2D eigenvalue weighted by molar-refractivity contribution is 5.95. The Morgan fingerprint density at radius 2 is 1.69 bits per heavy atom. The summed E-state index contributed by atoms with van der Waals surface area (Å²) in [5, 5.41) is 7.59. The second-order valence-electron chi connectivity index (χ2n) is 10.6. The number of hydrogen-bond donors (Lipinski definition) is 4. The highest BCUT2D eigenvalue weighted by Crippen LogP contribution is 2.59. The monoisotopic (exact) mass is 494 g/mol. The number of nitrogen functional groups attached to an aromatic ring is 1. The quantitative estimate of drug-likeness (QED) is 0.263. The van der Waals surface area contributed by atoms with Crippen molar-refractivity contribution in [1.29, 1.82) is 5.41 Å². The van der Waals surface area contributed by atoms with Crippen molar-refractivity contribution in [3.63, 3.8) is 0 Å². The molecule has 1 saturated heterocycles. The van der Waals surface area contributed by atoms with Crippen LogP contribution >= 0.6 is 0 Å². The first-order valence-electron chi connectivity index (χ1n) is 12.4. The normalized spacial score (nSPS) is 30.7. The van der Waals surface area contributed by atoms with Gasteiger partial charge in [0.1, 0.15) is 18.4 Å². The Balaban J connectivity index is 1.75. The summed E-state index contributed by atoms with van der Waals surface area (Å²) in [6.45, 7) is 0.245. The SMILES string of the molecule is N=C(N)c1ccc(C[N+]2(C(=O)[C@H](N)[C@H](C3CCCCC3)C(F)(F)F)CCC[C@@H]3C[C@@]32C(N)=O)cc1. The molecule has 3 aliphatic rings. The van der Waals surface area contributed by atoms with E-state index in [4.69, 9.17) is 22.6 Å². The van der Waals surface area contributed by atoms with Crippen molar-refractivity contribution in [1.82, 2.24) is 0 Å². The van der Waals surface area contributed by atoms with Crippen molar-refractivity contribution in [3.8, 4) is 0 Å². The van der Waals surface area contributed by atoms with Gasteiger partial charge in [-0.1, -0.05) is 43.5 Å². The summed E-state index contributed by atoms with van der Waals surface area (Å²) in [6.07, 6.45) is 0.108. The highest BCUT2D eigenvalue weighted by Gasteiger charge is 2.77. The molecule has 2 saturated carbocycles. The molecule has 10 heteroatoms. The molecule has 0 radical (unpaired) electrons. The number of nitrogens with two attached hydrogens (primary N) is 3. The van der Waals surface area contributed by atoms with Gasteiger partial charge in [0, 0.05) is 23.5 Å². The van der Waals surface area contributed by atoms with E-state index in [1.54, 1.807) is 24.3 Å². The molecule has 35 heavy (non-hydrogen) atoms. The summed E-state index contributed by atoms with van der Waals surface area (Å²) in [4.78, 5) is 27.0. The number of fused-ring (bicyclic) bond motifs is 1. The zero-order valence-corrected chi connectivity index (χ0v) is 19.8. The molecule has 1 aliphatic heterocycles. The number of amidine groups is 1. The van der Waals surface area contributed by atoms with E-state index in [0.29, 0.717) is 56.1 Å². The predicted octanol–water partition coefficient (Wildman–Crippen LogP) is 2.94. The molecule has 1 aromatic carbocycles. The Labute approximate surface area is 203 Å². The molecule has 5 atom stereocenters. The minimum absolute atomic E-state index is 0.0272. The number of benzene rings is 1. The van der Waals surface area contributed by atoms with Crippen LogP contribution in [0.2, 0.25) is 0 Å². The summed E-state index contributed by atoms with van der Waals surface area (Å²) < 4.78 is 42.6. The number of rotatable bonds is 7. The van der Waals surface area contributed by atoms with Gasteiger partial charge in [0.15, 0.2) is 5.54 Å². The van der Waals surface area contributed by atoms with Crippen molar-refractivity contribution < 1.29 is 27.2 Å². The van der Waals surface area contributed by atoms with E-state index in [2.05, 4.69) is 0 Å². The lowest BCUT2D eigenvalue weighted by Gasteiger charge is -2.47. The van der Waals surface area contributed by atoms with Crippen molar-refractivity contribution in [3.05, 3.63) is 35.4 Å². The maximum absolute atomic E-state index is 14.4. The Bertz CT molecular complexity index is 992. The van der Waals surface area contributed by atoms with E-state index in [0.717, 1.165) is 6.42 Å². The summed E-state index contributed by atoms with van der Waals surface area (Å²) in [7, 11) is 0. The molecule has 192 valence electrons. The number of nitrogens with one attached hydrogen (secondary N) is 1. The van der Waals surface area contributed by atoms with Gasteiger partial charge in [-0.15, -0.1) is 0 Å². The Morgan fingerprint density at radius 3 is 2.23 bits per heavy atom. The van der Waals surface area contributed by atoms with E-state index >= 15 is 0 Å². The molecule has 1 heterocycles. The first-order valence-corrected chi connectivity index (χ1v) is 12.4. The lowest BCUT2D eigenvalue weighted by molar-refractivity contribution is -0.900. The fourth-order valence-corrected chi connectivity index (χ4v) is 6.90. The minimum Gasteiger partial charge on any atom is -0.384 e. The molecule has 0 spiro atoms. The largest absolute Gasteiger partial charge is 0.394 e. The third-order valence-electron chi connectivity index (χ3n) is 8.70. The Kier molecular flexibility index (Phi) is 6.74. The molecule has 1 aromatic rings. The van der Waals surface area contributed by atoms with Crippen molar-refractivity contribution in [2.75, 3.05) is 6.54 Å². The molecule has 3 fully saturated rings. The number of nitrogens with zero attached hydrogens (tertiary/aromatic N) is 1. The Morgan fingerprint density at radius 1 is 1.06 bits per heavy atom. The maximum Gasteiger partial charge on any atom is 0.394 e. The van der Waals surface area contributed by atoms with Crippen LogP contribution in [-0.2, 0) is 16.1 Å². The van der Waals surface area contributed by atoms with Crippen molar-refractivity contribution >= 4 is 17.6 Å². The average molecular weight is 495 g/mol.